The Kier molecular flexibility index (Phi) is 10.9. The number of hydrogen-bond acceptors (Lipinski definition) is 6. The summed E-state index contributed by atoms with van der Waals surface area (Å²) < 4.78 is 64.7. The molecule has 0 spiro atoms. The number of nitrogens with zero attached hydrogens (tertiary/aromatic N) is 2. The van der Waals surface area contributed by atoms with Crippen LogP contribution in [0.15, 0.2) is 42.5 Å². The second-order valence-corrected chi connectivity index (χ2v) is 8.56. The fraction of sp³-hybridized carbons (Fsp3) is 0.385. The first-order valence-electron chi connectivity index (χ1n) is 11.9. The van der Waals surface area contributed by atoms with Crippen molar-refractivity contribution in [3.8, 4) is 6.26 Å². The van der Waals surface area contributed by atoms with E-state index in [2.05, 4.69) is 5.32 Å². The van der Waals surface area contributed by atoms with Crippen LogP contribution in [0.2, 0.25) is 0 Å². The maximum atomic E-state index is 13.8. The number of carbonyl (C=O) groups is 2. The average Bonchev–Trinajstić information content (AvgIpc) is 2.86. The van der Waals surface area contributed by atoms with Crippen molar-refractivity contribution in [2.45, 2.75) is 58.4 Å². The number of rotatable bonds is 11. The molecule has 1 amide bonds. The number of unbranched alkanes of at least 4 members (excludes halogenated alkanes) is 1. The molecule has 12 heteroatoms. The molecule has 0 saturated heterocycles. The van der Waals surface area contributed by atoms with Gasteiger partial charge in [0.1, 0.15) is 0 Å². The van der Waals surface area contributed by atoms with E-state index in [1.54, 1.807) is 0 Å². The third-order valence-corrected chi connectivity index (χ3v) is 5.49. The molecule has 0 aliphatic heterocycles. The van der Waals surface area contributed by atoms with Crippen LogP contribution in [0.4, 0.5) is 17.6 Å². The van der Waals surface area contributed by atoms with Gasteiger partial charge in [-0.25, -0.2) is 0 Å². The Labute approximate surface area is 219 Å². The SMILES string of the molecule is CCCCC(c1ccc(C(F)(F)F)c(C(=O)OC(C)C)c1)N(C(=O)c1ccc(F)cc1)C(=BOC#N)NC. The summed E-state index contributed by atoms with van der Waals surface area (Å²) in [6.07, 6.45) is -2.50. The summed E-state index contributed by atoms with van der Waals surface area (Å²) in [6, 6.07) is 6.85. The van der Waals surface area contributed by atoms with Crippen molar-refractivity contribution in [3.05, 3.63) is 70.5 Å². The van der Waals surface area contributed by atoms with Gasteiger partial charge in [-0.15, -0.1) is 0 Å². The molecule has 0 aromatic heterocycles. The van der Waals surface area contributed by atoms with Gasteiger partial charge in [0.15, 0.2) is 0 Å². The molecule has 0 bridgehead atoms. The van der Waals surface area contributed by atoms with Crippen LogP contribution in [0.1, 0.15) is 77.9 Å². The van der Waals surface area contributed by atoms with Gasteiger partial charge in [0, 0.05) is 0 Å². The second-order valence-electron chi connectivity index (χ2n) is 8.56. The van der Waals surface area contributed by atoms with Gasteiger partial charge in [-0.2, -0.15) is 0 Å². The first kappa shape index (κ1) is 30.3. The third kappa shape index (κ3) is 7.81. The predicted octanol–water partition coefficient (Wildman–Crippen LogP) is 5.21. The van der Waals surface area contributed by atoms with Crippen LogP contribution >= 0.6 is 0 Å². The molecular weight excluding hydrogens is 505 g/mol. The monoisotopic (exact) mass is 533 g/mol. The Morgan fingerprint density at radius 3 is 2.34 bits per heavy atom. The van der Waals surface area contributed by atoms with E-state index in [4.69, 9.17) is 14.7 Å². The van der Waals surface area contributed by atoms with Gasteiger partial charge in [-0.3, -0.25) is 0 Å². The minimum absolute atomic E-state index is 0.0215. The minimum atomic E-state index is -4.83. The van der Waals surface area contributed by atoms with Gasteiger partial charge >= 0.3 is 219 Å². The predicted molar refractivity (Wildman–Crippen MR) is 133 cm³/mol. The molecule has 0 heterocycles. The first-order chi connectivity index (χ1) is 17.9. The van der Waals surface area contributed by atoms with E-state index in [-0.39, 0.29) is 23.3 Å². The molecule has 0 radical (unpaired) electrons. The number of nitrogens with one attached hydrogen (secondary N) is 1. The molecule has 2 rings (SSSR count). The van der Waals surface area contributed by atoms with Crippen molar-refractivity contribution in [2.75, 3.05) is 7.05 Å². The summed E-state index contributed by atoms with van der Waals surface area (Å²) in [6.45, 7) is 4.93. The number of halogens is 4. The molecule has 0 fully saturated rings. The number of amides is 1. The molecule has 2 aromatic carbocycles. The first-order valence-corrected chi connectivity index (χ1v) is 11.9. The van der Waals surface area contributed by atoms with Crippen molar-refractivity contribution in [2.24, 2.45) is 0 Å². The summed E-state index contributed by atoms with van der Waals surface area (Å²) in [5.41, 5.74) is -1.54. The van der Waals surface area contributed by atoms with E-state index < -0.39 is 47.1 Å². The Morgan fingerprint density at radius 2 is 1.82 bits per heavy atom. The summed E-state index contributed by atoms with van der Waals surface area (Å²) in [5, 5.41) is 11.7. The molecule has 0 aliphatic carbocycles. The van der Waals surface area contributed by atoms with Gasteiger partial charge in [0.2, 0.25) is 0 Å². The standard InChI is InChI=1S/C26H28BF4N3O4/c1-5-6-7-22(18-10-13-21(26(29,30)31)20(14-18)24(36)38-16(2)3)34(25(33-4)27-37-15-32)23(35)17-8-11-19(28)12-9-17/h8-14,16,22,33H,5-7H2,1-4H3. The van der Waals surface area contributed by atoms with Crippen LogP contribution in [0.5, 0.6) is 0 Å². The van der Waals surface area contributed by atoms with Crippen molar-refractivity contribution in [1.82, 2.24) is 10.2 Å². The molecule has 7 nitrogen and oxygen atoms in total. The number of ether oxygens (including phenoxy) is 1. The van der Waals surface area contributed by atoms with Gasteiger partial charge < -0.3 is 0 Å². The molecule has 0 aliphatic rings. The average molecular weight is 533 g/mol. The zero-order valence-corrected chi connectivity index (χ0v) is 21.4. The molecule has 0 saturated carbocycles. The molecule has 1 atom stereocenters. The van der Waals surface area contributed by atoms with E-state index in [9.17, 15) is 27.2 Å². The molecule has 202 valence electrons. The topological polar surface area (TPSA) is 91.7 Å². The summed E-state index contributed by atoms with van der Waals surface area (Å²) >= 11 is 0. The molecular formula is C26H28BF4N3O4. The fourth-order valence-electron chi connectivity index (χ4n) is 3.77. The van der Waals surface area contributed by atoms with Crippen LogP contribution in [0.25, 0.3) is 0 Å². The zero-order chi connectivity index (χ0) is 28.5. The normalized spacial score (nSPS) is 12.3. The fourth-order valence-corrected chi connectivity index (χ4v) is 3.77. The van der Waals surface area contributed by atoms with Crippen molar-refractivity contribution < 1.29 is 36.5 Å². The van der Waals surface area contributed by atoms with E-state index in [1.807, 2.05) is 6.92 Å². The van der Waals surface area contributed by atoms with Crippen molar-refractivity contribution in [1.29, 1.82) is 5.26 Å². The Morgan fingerprint density at radius 1 is 1.16 bits per heavy atom. The van der Waals surface area contributed by atoms with Crippen molar-refractivity contribution in [3.63, 3.8) is 0 Å². The zero-order valence-electron chi connectivity index (χ0n) is 21.4. The van der Waals surface area contributed by atoms with Crippen LogP contribution in [0, 0.1) is 17.3 Å². The molecule has 2 aromatic rings. The van der Waals surface area contributed by atoms with Crippen LogP contribution in [0.3, 0.4) is 0 Å². The number of nitriles is 1. The molecule has 1 unspecified atom stereocenters. The van der Waals surface area contributed by atoms with Gasteiger partial charge in [-0.1, -0.05) is 0 Å². The van der Waals surface area contributed by atoms with Crippen LogP contribution < -0.4 is 5.32 Å². The Bertz CT molecular complexity index is 1190. The van der Waals surface area contributed by atoms with E-state index in [0.717, 1.165) is 31.4 Å². The second kappa shape index (κ2) is 13.6. The number of benzene rings is 2. The third-order valence-electron chi connectivity index (χ3n) is 5.49. The van der Waals surface area contributed by atoms with E-state index in [1.165, 1.54) is 50.2 Å². The molecule has 38 heavy (non-hydrogen) atoms. The number of esters is 1. The van der Waals surface area contributed by atoms with Crippen LogP contribution in [-0.2, 0) is 15.6 Å². The van der Waals surface area contributed by atoms with Gasteiger partial charge in [-0.05, 0) is 0 Å². The van der Waals surface area contributed by atoms with E-state index in [0.29, 0.717) is 12.8 Å². The van der Waals surface area contributed by atoms with Crippen LogP contribution in [-0.4, -0.2) is 42.8 Å². The van der Waals surface area contributed by atoms with Gasteiger partial charge in [0.05, 0.1) is 0 Å². The summed E-state index contributed by atoms with van der Waals surface area (Å²) in [7, 11) is 2.45. The summed E-state index contributed by atoms with van der Waals surface area (Å²) in [4.78, 5) is 27.6. The van der Waals surface area contributed by atoms with Crippen molar-refractivity contribution >= 4 is 24.7 Å². The Balaban J connectivity index is 2.78. The maximum absolute atomic E-state index is 13.8. The van der Waals surface area contributed by atoms with E-state index >= 15 is 0 Å². The summed E-state index contributed by atoms with van der Waals surface area (Å²) in [5.74, 6) is -2.36. The Hall–Kier alpha value is -3.88. The number of hydrogen-bond donors (Lipinski definition) is 1. The quantitative estimate of drug-likeness (QED) is 0.185. The number of alkyl halides is 3. The van der Waals surface area contributed by atoms with Gasteiger partial charge in [0.25, 0.3) is 0 Å². The number of carbonyl (C=O) groups excluding carboxylic acids is 2. The molecule has 1 N–H and O–H groups in total.